The van der Waals surface area contributed by atoms with Crippen LogP contribution in [0.2, 0.25) is 13.1 Å². The normalized spacial score (nSPS) is 18.0. The number of imidazole rings is 1. The SMILES string of the molecule is Cc1nc2c3ccccc3c3cccc4c3n2c1[Si](C)(C)C4(C)C. The van der Waals surface area contributed by atoms with E-state index in [1.54, 1.807) is 0 Å². The topological polar surface area (TPSA) is 17.3 Å². The van der Waals surface area contributed by atoms with Gasteiger partial charge in [0.25, 0.3) is 0 Å². The van der Waals surface area contributed by atoms with Crippen molar-refractivity contribution in [3.63, 3.8) is 0 Å². The minimum Gasteiger partial charge on any atom is -0.300 e. The maximum atomic E-state index is 5.05. The summed E-state index contributed by atoms with van der Waals surface area (Å²) in [6.45, 7) is 12.1. The van der Waals surface area contributed by atoms with Crippen LogP contribution < -0.4 is 5.32 Å². The summed E-state index contributed by atoms with van der Waals surface area (Å²) in [5, 5.41) is 5.61. The molecule has 120 valence electrons. The number of para-hydroxylation sites is 1. The molecule has 3 heterocycles. The zero-order valence-corrected chi connectivity index (χ0v) is 15.9. The molecule has 0 spiro atoms. The molecule has 3 heteroatoms. The highest BCUT2D eigenvalue weighted by molar-refractivity contribution is 6.92. The predicted molar refractivity (Wildman–Crippen MR) is 105 cm³/mol. The molecular weight excluding hydrogens is 308 g/mol. The van der Waals surface area contributed by atoms with Gasteiger partial charge in [-0.3, -0.25) is 4.40 Å². The van der Waals surface area contributed by atoms with E-state index in [2.05, 4.69) is 80.7 Å². The molecule has 2 aromatic carbocycles. The predicted octanol–water partition coefficient (Wildman–Crippen LogP) is 4.69. The molecule has 1 aliphatic rings. The Balaban J connectivity index is 2.24. The van der Waals surface area contributed by atoms with E-state index in [1.165, 1.54) is 38.2 Å². The highest BCUT2D eigenvalue weighted by atomic mass is 28.3. The fourth-order valence-corrected chi connectivity index (χ4v) is 7.92. The van der Waals surface area contributed by atoms with Crippen molar-refractivity contribution >= 4 is 40.7 Å². The second-order valence-corrected chi connectivity index (χ2v) is 13.2. The van der Waals surface area contributed by atoms with Crippen molar-refractivity contribution in [3.8, 4) is 0 Å². The summed E-state index contributed by atoms with van der Waals surface area (Å²) >= 11 is 0. The fourth-order valence-electron chi connectivity index (χ4n) is 4.71. The molecule has 0 fully saturated rings. The Morgan fingerprint density at radius 1 is 0.917 bits per heavy atom. The van der Waals surface area contributed by atoms with E-state index in [4.69, 9.17) is 4.98 Å². The summed E-state index contributed by atoms with van der Waals surface area (Å²) in [5.41, 5.74) is 5.21. The van der Waals surface area contributed by atoms with Gasteiger partial charge in [-0.1, -0.05) is 69.4 Å². The van der Waals surface area contributed by atoms with Crippen LogP contribution in [0.5, 0.6) is 0 Å². The Morgan fingerprint density at radius 3 is 2.33 bits per heavy atom. The molecule has 0 bridgehead atoms. The fraction of sp³-hybridized carbons (Fsp3) is 0.286. The van der Waals surface area contributed by atoms with Gasteiger partial charge in [0.05, 0.1) is 11.2 Å². The van der Waals surface area contributed by atoms with E-state index >= 15 is 0 Å². The molecule has 2 nitrogen and oxygen atoms in total. The molecule has 0 radical (unpaired) electrons. The van der Waals surface area contributed by atoms with E-state index in [9.17, 15) is 0 Å². The molecular formula is C21H22N2Si. The number of rotatable bonds is 0. The van der Waals surface area contributed by atoms with Crippen molar-refractivity contribution in [1.82, 2.24) is 9.38 Å². The lowest BCUT2D eigenvalue weighted by Crippen LogP contribution is -2.61. The van der Waals surface area contributed by atoms with Gasteiger partial charge in [-0.25, -0.2) is 4.98 Å². The Morgan fingerprint density at radius 2 is 1.58 bits per heavy atom. The van der Waals surface area contributed by atoms with Gasteiger partial charge < -0.3 is 0 Å². The number of pyridine rings is 1. The van der Waals surface area contributed by atoms with Gasteiger partial charge in [0, 0.05) is 16.1 Å². The lowest BCUT2D eigenvalue weighted by atomic mass is 9.95. The summed E-state index contributed by atoms with van der Waals surface area (Å²) < 4.78 is 2.50. The monoisotopic (exact) mass is 330 g/mol. The van der Waals surface area contributed by atoms with Crippen LogP contribution in [-0.2, 0) is 5.04 Å². The largest absolute Gasteiger partial charge is 0.300 e. The van der Waals surface area contributed by atoms with E-state index in [1.807, 2.05) is 0 Å². The Kier molecular flexibility index (Phi) is 2.43. The van der Waals surface area contributed by atoms with Crippen LogP contribution in [0.3, 0.4) is 0 Å². The highest BCUT2D eigenvalue weighted by Crippen LogP contribution is 2.43. The summed E-state index contributed by atoms with van der Waals surface area (Å²) in [5.74, 6) is 0. The lowest BCUT2D eigenvalue weighted by molar-refractivity contribution is 0.721. The number of aryl methyl sites for hydroxylation is 1. The van der Waals surface area contributed by atoms with Crippen LogP contribution in [0.4, 0.5) is 0 Å². The van der Waals surface area contributed by atoms with Crippen LogP contribution in [0.1, 0.15) is 25.1 Å². The average Bonchev–Trinajstić information content (AvgIpc) is 2.91. The van der Waals surface area contributed by atoms with Crippen LogP contribution >= 0.6 is 0 Å². The number of nitrogens with zero attached hydrogens (tertiary/aromatic N) is 2. The molecule has 5 rings (SSSR count). The third-order valence-corrected chi connectivity index (χ3v) is 11.8. The number of aromatic nitrogens is 2. The summed E-state index contributed by atoms with van der Waals surface area (Å²) in [7, 11) is -1.72. The number of hydrogen-bond donors (Lipinski definition) is 0. The zero-order chi connectivity index (χ0) is 16.9. The molecule has 0 saturated heterocycles. The molecule has 0 amide bonds. The van der Waals surface area contributed by atoms with E-state index < -0.39 is 8.07 Å². The Bertz CT molecular complexity index is 1170. The molecule has 24 heavy (non-hydrogen) atoms. The first-order valence-corrected chi connectivity index (χ1v) is 11.7. The molecule has 0 saturated carbocycles. The third-order valence-electron chi connectivity index (χ3n) is 6.60. The second kappa shape index (κ2) is 4.09. The number of hydrogen-bond acceptors (Lipinski definition) is 1. The van der Waals surface area contributed by atoms with Crippen LogP contribution in [-0.4, -0.2) is 17.5 Å². The van der Waals surface area contributed by atoms with Gasteiger partial charge in [0.2, 0.25) is 0 Å². The van der Waals surface area contributed by atoms with Crippen molar-refractivity contribution < 1.29 is 0 Å². The second-order valence-electron chi connectivity index (χ2n) is 8.20. The van der Waals surface area contributed by atoms with Gasteiger partial charge in [-0.15, -0.1) is 0 Å². The first kappa shape index (κ1) is 14.2. The lowest BCUT2D eigenvalue weighted by Gasteiger charge is -2.44. The molecule has 4 aromatic rings. The Hall–Kier alpha value is -2.13. The van der Waals surface area contributed by atoms with Crippen molar-refractivity contribution in [2.75, 3.05) is 0 Å². The summed E-state index contributed by atoms with van der Waals surface area (Å²) in [6, 6.07) is 15.6. The maximum absolute atomic E-state index is 5.05. The highest BCUT2D eigenvalue weighted by Gasteiger charge is 2.49. The smallest absolute Gasteiger partial charge is 0.145 e. The van der Waals surface area contributed by atoms with Gasteiger partial charge in [-0.05, 0) is 22.9 Å². The van der Waals surface area contributed by atoms with Crippen LogP contribution in [0.25, 0.3) is 27.3 Å². The quantitative estimate of drug-likeness (QED) is 0.337. The maximum Gasteiger partial charge on any atom is 0.145 e. The number of fused-ring (bicyclic) bond motifs is 3. The molecule has 0 aliphatic carbocycles. The molecule has 2 aromatic heterocycles. The van der Waals surface area contributed by atoms with Gasteiger partial charge in [0.15, 0.2) is 0 Å². The van der Waals surface area contributed by atoms with Crippen molar-refractivity contribution in [3.05, 3.63) is 53.7 Å². The standard InChI is InChI=1S/C21H22N2Si/c1-13-20-23-18-15(14-9-6-7-10-16(14)19(23)22-13)11-8-12-17(18)21(2,3)24(20,4)5/h6-12H,1-5H3. The van der Waals surface area contributed by atoms with Crippen LogP contribution in [0, 0.1) is 6.92 Å². The average molecular weight is 331 g/mol. The van der Waals surface area contributed by atoms with Crippen molar-refractivity contribution in [2.24, 2.45) is 0 Å². The first-order valence-electron chi connectivity index (χ1n) is 8.69. The van der Waals surface area contributed by atoms with E-state index in [0.29, 0.717) is 0 Å². The van der Waals surface area contributed by atoms with E-state index in [-0.39, 0.29) is 5.04 Å². The van der Waals surface area contributed by atoms with Crippen molar-refractivity contribution in [2.45, 2.75) is 38.9 Å². The first-order chi connectivity index (χ1) is 11.4. The van der Waals surface area contributed by atoms with Gasteiger partial charge in [0.1, 0.15) is 13.7 Å². The molecule has 0 N–H and O–H groups in total. The molecule has 0 unspecified atom stereocenters. The molecule has 0 atom stereocenters. The minimum atomic E-state index is -1.72. The van der Waals surface area contributed by atoms with Crippen molar-refractivity contribution in [1.29, 1.82) is 0 Å². The van der Waals surface area contributed by atoms with Crippen LogP contribution in [0.15, 0.2) is 42.5 Å². The summed E-state index contributed by atoms with van der Waals surface area (Å²) in [4.78, 5) is 5.05. The van der Waals surface area contributed by atoms with Gasteiger partial charge in [-0.2, -0.15) is 0 Å². The van der Waals surface area contributed by atoms with E-state index in [0.717, 1.165) is 5.65 Å². The third kappa shape index (κ3) is 1.37. The molecule has 1 aliphatic heterocycles. The van der Waals surface area contributed by atoms with Gasteiger partial charge >= 0.3 is 0 Å². The Labute approximate surface area is 143 Å². The number of benzene rings is 2. The summed E-state index contributed by atoms with van der Waals surface area (Å²) in [6.07, 6.45) is 0. The minimum absolute atomic E-state index is 0.183. The zero-order valence-electron chi connectivity index (χ0n) is 14.9.